The van der Waals surface area contributed by atoms with Crippen LogP contribution in [0.3, 0.4) is 0 Å². The third kappa shape index (κ3) is 4.08. The Bertz CT molecular complexity index is 1060. The Morgan fingerprint density at radius 1 is 1.28 bits per heavy atom. The average molecular weight is 483 g/mol. The molecule has 2 aromatic carbocycles. The Hall–Kier alpha value is -2.59. The lowest BCUT2D eigenvalue weighted by Crippen LogP contribution is -2.50. The standard InChI is InChI=1S/C19H19BrN2O6S/c1-3-27-19(24)12-8-9-17(13(20)10-12)29(25,26)22-11-16(18(23)21-2)28-15-7-5-4-6-14(15)22/h4-10,16H,3,11H2,1-2H3,(H,21,23). The summed E-state index contributed by atoms with van der Waals surface area (Å²) >= 11 is 3.24. The second kappa shape index (κ2) is 8.42. The van der Waals surface area contributed by atoms with Crippen LogP contribution in [0, 0.1) is 0 Å². The number of nitrogens with one attached hydrogen (secondary N) is 1. The highest BCUT2D eigenvalue weighted by Crippen LogP contribution is 2.38. The second-order valence-corrected chi connectivity index (χ2v) is 8.78. The van der Waals surface area contributed by atoms with Crippen molar-refractivity contribution >= 4 is 43.5 Å². The average Bonchev–Trinajstić information content (AvgIpc) is 2.72. The minimum atomic E-state index is -4.06. The van der Waals surface area contributed by atoms with E-state index < -0.39 is 28.0 Å². The first-order chi connectivity index (χ1) is 13.8. The van der Waals surface area contributed by atoms with Gasteiger partial charge in [0, 0.05) is 11.5 Å². The summed E-state index contributed by atoms with van der Waals surface area (Å²) in [6.45, 7) is 1.71. The molecular formula is C19H19BrN2O6S. The second-order valence-electron chi connectivity index (χ2n) is 6.09. The molecule has 3 rings (SSSR count). The summed E-state index contributed by atoms with van der Waals surface area (Å²) in [6.07, 6.45) is -0.998. The summed E-state index contributed by atoms with van der Waals surface area (Å²) in [6, 6.07) is 10.7. The van der Waals surface area contributed by atoms with Crippen molar-refractivity contribution in [3.63, 3.8) is 0 Å². The van der Waals surface area contributed by atoms with Gasteiger partial charge >= 0.3 is 5.97 Å². The number of likely N-dealkylation sites (N-methyl/N-ethyl adjacent to an activating group) is 1. The van der Waals surface area contributed by atoms with E-state index in [1.165, 1.54) is 25.2 Å². The van der Waals surface area contributed by atoms with Gasteiger partial charge in [-0.1, -0.05) is 12.1 Å². The number of anilines is 1. The quantitative estimate of drug-likeness (QED) is 0.656. The van der Waals surface area contributed by atoms with Crippen LogP contribution in [0.2, 0.25) is 0 Å². The molecule has 0 saturated heterocycles. The van der Waals surface area contributed by atoms with Crippen molar-refractivity contribution in [2.45, 2.75) is 17.9 Å². The highest BCUT2D eigenvalue weighted by Gasteiger charge is 2.38. The maximum Gasteiger partial charge on any atom is 0.338 e. The number of ether oxygens (including phenoxy) is 2. The summed E-state index contributed by atoms with van der Waals surface area (Å²) < 4.78 is 38.8. The Morgan fingerprint density at radius 2 is 2.00 bits per heavy atom. The normalized spacial score (nSPS) is 15.8. The molecule has 0 aromatic heterocycles. The van der Waals surface area contributed by atoms with E-state index in [2.05, 4.69) is 21.2 Å². The molecule has 1 unspecified atom stereocenters. The molecule has 0 aliphatic carbocycles. The van der Waals surface area contributed by atoms with E-state index in [9.17, 15) is 18.0 Å². The number of amides is 1. The van der Waals surface area contributed by atoms with Gasteiger partial charge in [-0.05, 0) is 53.2 Å². The number of carbonyl (C=O) groups is 2. The minimum Gasteiger partial charge on any atom is -0.476 e. The van der Waals surface area contributed by atoms with Gasteiger partial charge in [0.25, 0.3) is 15.9 Å². The smallest absolute Gasteiger partial charge is 0.338 e. The maximum atomic E-state index is 13.4. The van der Waals surface area contributed by atoms with E-state index in [-0.39, 0.29) is 33.8 Å². The van der Waals surface area contributed by atoms with Crippen LogP contribution in [-0.4, -0.2) is 46.6 Å². The Morgan fingerprint density at radius 3 is 2.66 bits per heavy atom. The van der Waals surface area contributed by atoms with Crippen LogP contribution < -0.4 is 14.4 Å². The summed E-state index contributed by atoms with van der Waals surface area (Å²) in [5.41, 5.74) is 0.553. The van der Waals surface area contributed by atoms with E-state index in [0.29, 0.717) is 5.69 Å². The molecule has 0 bridgehead atoms. The van der Waals surface area contributed by atoms with Crippen molar-refractivity contribution in [2.24, 2.45) is 0 Å². The first kappa shape index (κ1) is 21.1. The molecule has 0 saturated carbocycles. The molecule has 29 heavy (non-hydrogen) atoms. The number of para-hydroxylation sites is 2. The number of carbonyl (C=O) groups excluding carboxylic acids is 2. The molecule has 154 valence electrons. The molecule has 0 fully saturated rings. The number of esters is 1. The van der Waals surface area contributed by atoms with Crippen LogP contribution in [0.15, 0.2) is 51.8 Å². The number of halogens is 1. The number of hydrogen-bond acceptors (Lipinski definition) is 6. The predicted octanol–water partition coefficient (Wildman–Crippen LogP) is 2.33. The molecule has 1 aliphatic heterocycles. The fourth-order valence-corrected chi connectivity index (χ4v) is 5.41. The van der Waals surface area contributed by atoms with Crippen molar-refractivity contribution in [3.05, 3.63) is 52.5 Å². The molecule has 2 aromatic rings. The predicted molar refractivity (Wildman–Crippen MR) is 110 cm³/mol. The maximum absolute atomic E-state index is 13.4. The molecule has 8 nitrogen and oxygen atoms in total. The first-order valence-corrected chi connectivity index (χ1v) is 11.0. The molecule has 1 amide bonds. The molecule has 10 heteroatoms. The zero-order valence-electron chi connectivity index (χ0n) is 15.7. The lowest BCUT2D eigenvalue weighted by molar-refractivity contribution is -0.127. The molecular weight excluding hydrogens is 464 g/mol. The van der Waals surface area contributed by atoms with Crippen molar-refractivity contribution in [2.75, 3.05) is 24.5 Å². The zero-order valence-corrected chi connectivity index (χ0v) is 18.1. The Kier molecular flexibility index (Phi) is 6.13. The van der Waals surface area contributed by atoms with E-state index in [4.69, 9.17) is 9.47 Å². The van der Waals surface area contributed by atoms with E-state index >= 15 is 0 Å². The summed E-state index contributed by atoms with van der Waals surface area (Å²) in [7, 11) is -2.61. The topological polar surface area (TPSA) is 102 Å². The van der Waals surface area contributed by atoms with E-state index in [1.807, 2.05) is 0 Å². The van der Waals surface area contributed by atoms with Gasteiger partial charge in [-0.3, -0.25) is 9.10 Å². The molecule has 1 aliphatic rings. The first-order valence-electron chi connectivity index (χ1n) is 8.76. The third-order valence-electron chi connectivity index (χ3n) is 4.28. The van der Waals surface area contributed by atoms with Crippen molar-refractivity contribution in [1.29, 1.82) is 0 Å². The number of rotatable bonds is 5. The number of benzene rings is 2. The van der Waals surface area contributed by atoms with Gasteiger partial charge in [0.15, 0.2) is 6.10 Å². The lowest BCUT2D eigenvalue weighted by Gasteiger charge is -2.34. The van der Waals surface area contributed by atoms with Crippen molar-refractivity contribution in [3.8, 4) is 5.75 Å². The monoisotopic (exact) mass is 482 g/mol. The zero-order chi connectivity index (χ0) is 21.2. The van der Waals surface area contributed by atoms with Crippen LogP contribution >= 0.6 is 15.9 Å². The number of nitrogens with zero attached hydrogens (tertiary/aromatic N) is 1. The fraction of sp³-hybridized carbons (Fsp3) is 0.263. The SMILES string of the molecule is CCOC(=O)c1ccc(S(=O)(=O)N2CC(C(=O)NC)Oc3ccccc32)c(Br)c1. The highest BCUT2D eigenvalue weighted by atomic mass is 79.9. The molecule has 1 N–H and O–H groups in total. The summed E-state index contributed by atoms with van der Waals surface area (Å²) in [4.78, 5) is 24.0. The van der Waals surface area contributed by atoms with Gasteiger partial charge in [-0.15, -0.1) is 0 Å². The number of hydrogen-bond donors (Lipinski definition) is 1. The van der Waals surface area contributed by atoms with Crippen LogP contribution in [0.25, 0.3) is 0 Å². The highest BCUT2D eigenvalue weighted by molar-refractivity contribution is 9.10. The van der Waals surface area contributed by atoms with Crippen LogP contribution in [0.1, 0.15) is 17.3 Å². The molecule has 0 spiro atoms. The van der Waals surface area contributed by atoms with Gasteiger partial charge in [-0.2, -0.15) is 0 Å². The lowest BCUT2D eigenvalue weighted by atomic mass is 10.2. The number of fused-ring (bicyclic) bond motifs is 1. The fourth-order valence-electron chi connectivity index (χ4n) is 2.90. The Balaban J connectivity index is 2.04. The molecule has 1 atom stereocenters. The summed E-state index contributed by atoms with van der Waals surface area (Å²) in [5, 5.41) is 2.47. The van der Waals surface area contributed by atoms with Gasteiger partial charge in [-0.25, -0.2) is 13.2 Å². The van der Waals surface area contributed by atoms with Crippen molar-refractivity contribution in [1.82, 2.24) is 5.32 Å². The van der Waals surface area contributed by atoms with Gasteiger partial charge < -0.3 is 14.8 Å². The number of sulfonamides is 1. The van der Waals surface area contributed by atoms with Gasteiger partial charge in [0.1, 0.15) is 10.6 Å². The van der Waals surface area contributed by atoms with Crippen LogP contribution in [0.4, 0.5) is 5.69 Å². The van der Waals surface area contributed by atoms with Crippen LogP contribution in [-0.2, 0) is 19.6 Å². The van der Waals surface area contributed by atoms with Crippen LogP contribution in [0.5, 0.6) is 5.75 Å². The minimum absolute atomic E-state index is 0.0436. The summed E-state index contributed by atoms with van der Waals surface area (Å²) in [5.74, 6) is -0.694. The van der Waals surface area contributed by atoms with E-state index in [0.717, 1.165) is 4.31 Å². The largest absolute Gasteiger partial charge is 0.476 e. The molecule has 0 radical (unpaired) electrons. The van der Waals surface area contributed by atoms with Gasteiger partial charge in [0.05, 0.1) is 24.4 Å². The van der Waals surface area contributed by atoms with E-state index in [1.54, 1.807) is 31.2 Å². The Labute approximate surface area is 177 Å². The van der Waals surface area contributed by atoms with Gasteiger partial charge in [0.2, 0.25) is 0 Å². The van der Waals surface area contributed by atoms with Crippen molar-refractivity contribution < 1.29 is 27.5 Å². The third-order valence-corrected chi connectivity index (χ3v) is 7.04. The molecule has 1 heterocycles.